The first kappa shape index (κ1) is 13.3. The first-order valence-corrected chi connectivity index (χ1v) is 6.21. The van der Waals surface area contributed by atoms with E-state index in [1.54, 1.807) is 24.0 Å². The highest BCUT2D eigenvalue weighted by molar-refractivity contribution is 5.90. The van der Waals surface area contributed by atoms with Gasteiger partial charge in [0.2, 0.25) is 0 Å². The van der Waals surface area contributed by atoms with Crippen LogP contribution >= 0.6 is 0 Å². The van der Waals surface area contributed by atoms with Gasteiger partial charge in [0.05, 0.1) is 0 Å². The second kappa shape index (κ2) is 5.64. The number of amides is 1. The number of carbonyl (C=O) groups excluding carboxylic acids is 1. The summed E-state index contributed by atoms with van der Waals surface area (Å²) in [5.74, 6) is 1.94. The monoisotopic (exact) mass is 262 g/mol. The molecule has 0 bridgehead atoms. The van der Waals surface area contributed by atoms with Crippen molar-refractivity contribution in [2.75, 3.05) is 6.54 Å². The molecule has 0 spiro atoms. The third-order valence-electron chi connectivity index (χ3n) is 2.82. The van der Waals surface area contributed by atoms with Crippen LogP contribution in [0.4, 0.5) is 0 Å². The Labute approximate surface area is 111 Å². The molecule has 0 fully saturated rings. The summed E-state index contributed by atoms with van der Waals surface area (Å²) < 4.78 is 3.54. The van der Waals surface area contributed by atoms with Gasteiger partial charge in [-0.2, -0.15) is 5.10 Å². The zero-order valence-corrected chi connectivity index (χ0v) is 11.4. The van der Waals surface area contributed by atoms with E-state index < -0.39 is 0 Å². The molecule has 0 aromatic carbocycles. The fourth-order valence-electron chi connectivity index (χ4n) is 1.87. The van der Waals surface area contributed by atoms with Crippen LogP contribution in [0.5, 0.6) is 0 Å². The van der Waals surface area contributed by atoms with Crippen molar-refractivity contribution in [1.82, 2.24) is 29.6 Å². The zero-order valence-electron chi connectivity index (χ0n) is 11.4. The molecule has 0 aliphatic carbocycles. The van der Waals surface area contributed by atoms with Gasteiger partial charge in [-0.15, -0.1) is 0 Å². The van der Waals surface area contributed by atoms with Crippen molar-refractivity contribution in [2.24, 2.45) is 7.05 Å². The highest BCUT2D eigenvalue weighted by Gasteiger charge is 2.09. The highest BCUT2D eigenvalue weighted by atomic mass is 16.2. The fraction of sp³-hybridized carbons (Fsp3) is 0.500. The van der Waals surface area contributed by atoms with E-state index in [-0.39, 0.29) is 5.91 Å². The molecule has 0 unspecified atom stereocenters. The van der Waals surface area contributed by atoms with Crippen LogP contribution in [0, 0.1) is 13.8 Å². The quantitative estimate of drug-likeness (QED) is 0.794. The van der Waals surface area contributed by atoms with Crippen molar-refractivity contribution < 1.29 is 4.79 Å². The molecule has 7 heteroatoms. The summed E-state index contributed by atoms with van der Waals surface area (Å²) in [6.45, 7) is 5.12. The Morgan fingerprint density at radius 2 is 2.21 bits per heavy atom. The number of rotatable bonds is 5. The first-order chi connectivity index (χ1) is 9.08. The van der Waals surface area contributed by atoms with Gasteiger partial charge in [0.1, 0.15) is 11.6 Å². The van der Waals surface area contributed by atoms with E-state index in [0.29, 0.717) is 12.4 Å². The maximum absolute atomic E-state index is 11.8. The summed E-state index contributed by atoms with van der Waals surface area (Å²) in [6, 6.07) is 0. The van der Waals surface area contributed by atoms with E-state index in [9.17, 15) is 4.79 Å². The molecule has 2 heterocycles. The molecule has 1 amide bonds. The molecule has 2 aromatic rings. The van der Waals surface area contributed by atoms with Crippen LogP contribution in [-0.2, 0) is 13.6 Å². The summed E-state index contributed by atoms with van der Waals surface area (Å²) in [5, 5.41) is 7.11. The first-order valence-electron chi connectivity index (χ1n) is 6.21. The van der Waals surface area contributed by atoms with E-state index in [0.717, 1.165) is 24.6 Å². The Bertz CT molecular complexity index is 571. The van der Waals surface area contributed by atoms with E-state index >= 15 is 0 Å². The summed E-state index contributed by atoms with van der Waals surface area (Å²) >= 11 is 0. The molecule has 0 atom stereocenters. The van der Waals surface area contributed by atoms with Crippen LogP contribution in [0.3, 0.4) is 0 Å². The molecular weight excluding hydrogens is 244 g/mol. The number of aryl methyl sites for hydroxylation is 4. The lowest BCUT2D eigenvalue weighted by Crippen LogP contribution is -2.27. The number of hydrogen-bond donors (Lipinski definition) is 1. The standard InChI is InChI=1S/C12H18N6O/c1-9-15-10(2)18(16-9)7-4-5-14-12(19)11-13-6-8-17(11)3/h6,8H,4-5,7H2,1-3H3,(H,14,19). The minimum Gasteiger partial charge on any atom is -0.349 e. The lowest BCUT2D eigenvalue weighted by molar-refractivity contribution is 0.0939. The molecule has 2 rings (SSSR count). The average molecular weight is 262 g/mol. The molecule has 1 N–H and O–H groups in total. The lowest BCUT2D eigenvalue weighted by atomic mass is 10.4. The topological polar surface area (TPSA) is 77.6 Å². The summed E-state index contributed by atoms with van der Waals surface area (Å²) in [7, 11) is 1.80. The van der Waals surface area contributed by atoms with Gasteiger partial charge < -0.3 is 9.88 Å². The van der Waals surface area contributed by atoms with E-state index in [4.69, 9.17) is 0 Å². The molecule has 0 saturated carbocycles. The van der Waals surface area contributed by atoms with Crippen molar-refractivity contribution >= 4 is 5.91 Å². The molecule has 19 heavy (non-hydrogen) atoms. The van der Waals surface area contributed by atoms with Crippen molar-refractivity contribution in [1.29, 1.82) is 0 Å². The van der Waals surface area contributed by atoms with Gasteiger partial charge in [-0.05, 0) is 20.3 Å². The van der Waals surface area contributed by atoms with Crippen molar-refractivity contribution in [2.45, 2.75) is 26.8 Å². The third kappa shape index (κ3) is 3.18. The van der Waals surface area contributed by atoms with Crippen LogP contribution < -0.4 is 5.32 Å². The minimum absolute atomic E-state index is 0.154. The highest BCUT2D eigenvalue weighted by Crippen LogP contribution is 1.98. The Hall–Kier alpha value is -2.18. The maximum Gasteiger partial charge on any atom is 0.287 e. The number of carbonyl (C=O) groups is 1. The zero-order chi connectivity index (χ0) is 13.8. The number of nitrogens with zero attached hydrogens (tertiary/aromatic N) is 5. The van der Waals surface area contributed by atoms with E-state index in [2.05, 4.69) is 20.4 Å². The van der Waals surface area contributed by atoms with E-state index in [1.807, 2.05) is 18.5 Å². The van der Waals surface area contributed by atoms with Gasteiger partial charge >= 0.3 is 0 Å². The molecule has 102 valence electrons. The maximum atomic E-state index is 11.8. The molecule has 0 radical (unpaired) electrons. The van der Waals surface area contributed by atoms with Gasteiger partial charge in [0.15, 0.2) is 5.82 Å². The van der Waals surface area contributed by atoms with Gasteiger partial charge in [0, 0.05) is 32.5 Å². The molecule has 0 aliphatic heterocycles. The molecule has 0 saturated heterocycles. The Balaban J connectivity index is 1.77. The Morgan fingerprint density at radius 1 is 1.42 bits per heavy atom. The normalized spacial score (nSPS) is 10.7. The predicted octanol–water partition coefficient (Wildman–Crippen LogP) is 0.449. The Morgan fingerprint density at radius 3 is 2.79 bits per heavy atom. The lowest BCUT2D eigenvalue weighted by Gasteiger charge is -2.06. The van der Waals surface area contributed by atoms with Crippen molar-refractivity contribution in [3.05, 3.63) is 29.9 Å². The number of nitrogens with one attached hydrogen (secondary N) is 1. The van der Waals surface area contributed by atoms with Crippen LogP contribution in [-0.4, -0.2) is 36.8 Å². The van der Waals surface area contributed by atoms with Crippen molar-refractivity contribution in [3.8, 4) is 0 Å². The number of hydrogen-bond acceptors (Lipinski definition) is 4. The molecular formula is C12H18N6O. The van der Waals surface area contributed by atoms with Crippen LogP contribution in [0.15, 0.2) is 12.4 Å². The van der Waals surface area contributed by atoms with Gasteiger partial charge in [-0.25, -0.2) is 9.97 Å². The second-order valence-electron chi connectivity index (χ2n) is 4.40. The van der Waals surface area contributed by atoms with Gasteiger partial charge in [0.25, 0.3) is 5.91 Å². The SMILES string of the molecule is Cc1nc(C)n(CCCNC(=O)c2nccn2C)n1. The minimum atomic E-state index is -0.154. The van der Waals surface area contributed by atoms with Crippen LogP contribution in [0.2, 0.25) is 0 Å². The summed E-state index contributed by atoms with van der Waals surface area (Å²) in [5.41, 5.74) is 0. The third-order valence-corrected chi connectivity index (χ3v) is 2.82. The molecule has 7 nitrogen and oxygen atoms in total. The van der Waals surface area contributed by atoms with E-state index in [1.165, 1.54) is 0 Å². The fourth-order valence-corrected chi connectivity index (χ4v) is 1.87. The second-order valence-corrected chi connectivity index (χ2v) is 4.40. The number of imidazole rings is 1. The largest absolute Gasteiger partial charge is 0.349 e. The van der Waals surface area contributed by atoms with Crippen molar-refractivity contribution in [3.63, 3.8) is 0 Å². The van der Waals surface area contributed by atoms with Gasteiger partial charge in [-0.1, -0.05) is 0 Å². The molecule has 0 aliphatic rings. The van der Waals surface area contributed by atoms with Crippen LogP contribution in [0.25, 0.3) is 0 Å². The number of aromatic nitrogens is 5. The van der Waals surface area contributed by atoms with Gasteiger partial charge in [-0.3, -0.25) is 9.48 Å². The molecule has 2 aromatic heterocycles. The summed E-state index contributed by atoms with van der Waals surface area (Å²) in [4.78, 5) is 20.0. The summed E-state index contributed by atoms with van der Waals surface area (Å²) in [6.07, 6.45) is 4.16. The Kier molecular flexibility index (Phi) is 3.94. The smallest absolute Gasteiger partial charge is 0.287 e. The average Bonchev–Trinajstić information content (AvgIpc) is 2.91. The van der Waals surface area contributed by atoms with Crippen LogP contribution in [0.1, 0.15) is 28.7 Å². The predicted molar refractivity (Wildman–Crippen MR) is 69.7 cm³/mol.